The Morgan fingerprint density at radius 1 is 1.15 bits per heavy atom. The van der Waals surface area contributed by atoms with E-state index in [2.05, 4.69) is 15.2 Å². The summed E-state index contributed by atoms with van der Waals surface area (Å²) in [5.74, 6) is -1.95. The Labute approximate surface area is 191 Å². The molecule has 2 aromatic heterocycles. The molecule has 2 heterocycles. The lowest BCUT2D eigenvalue weighted by atomic mass is 9.88. The van der Waals surface area contributed by atoms with Crippen LogP contribution in [0, 0.1) is 17.5 Å². The maximum absolute atomic E-state index is 14.6. The topological polar surface area (TPSA) is 86.2 Å². The molecular formula is C22H18ClF3N4O3. The van der Waals surface area contributed by atoms with Crippen LogP contribution in [-0.4, -0.2) is 31.1 Å². The number of aliphatic hydroxyl groups is 1. The predicted molar refractivity (Wildman–Crippen MR) is 111 cm³/mol. The molecule has 0 saturated carbocycles. The van der Waals surface area contributed by atoms with Crippen LogP contribution in [0.15, 0.2) is 59.6 Å². The SMILES string of the molecule is CC(OCc1cc(-c2ccc(F)c(Cl)c2)no1)C(O)(Cn1cncn1)c1ccc(F)cc1F. The largest absolute Gasteiger partial charge is 0.380 e. The summed E-state index contributed by atoms with van der Waals surface area (Å²) < 4.78 is 53.8. The van der Waals surface area contributed by atoms with Crippen LogP contribution in [0.5, 0.6) is 0 Å². The van der Waals surface area contributed by atoms with Crippen LogP contribution in [0.2, 0.25) is 5.02 Å². The van der Waals surface area contributed by atoms with Gasteiger partial charge in [-0.1, -0.05) is 22.8 Å². The molecule has 2 aromatic carbocycles. The van der Waals surface area contributed by atoms with Crippen molar-refractivity contribution in [2.45, 2.75) is 31.8 Å². The van der Waals surface area contributed by atoms with Crippen molar-refractivity contribution in [2.24, 2.45) is 0 Å². The van der Waals surface area contributed by atoms with Crippen molar-refractivity contribution >= 4 is 11.6 Å². The van der Waals surface area contributed by atoms with Crippen LogP contribution in [0.4, 0.5) is 13.2 Å². The predicted octanol–water partition coefficient (Wildman–Crippen LogP) is 4.50. The average molecular weight is 479 g/mol. The van der Waals surface area contributed by atoms with Gasteiger partial charge >= 0.3 is 0 Å². The van der Waals surface area contributed by atoms with E-state index in [-0.39, 0.29) is 23.7 Å². The van der Waals surface area contributed by atoms with Crippen LogP contribution < -0.4 is 0 Å². The average Bonchev–Trinajstić information content (AvgIpc) is 3.46. The maximum atomic E-state index is 14.6. The Morgan fingerprint density at radius 3 is 2.67 bits per heavy atom. The van der Waals surface area contributed by atoms with E-state index in [1.54, 1.807) is 6.07 Å². The lowest BCUT2D eigenvalue weighted by Crippen LogP contribution is -2.44. The highest BCUT2D eigenvalue weighted by Crippen LogP contribution is 2.32. The fourth-order valence-electron chi connectivity index (χ4n) is 3.35. The van der Waals surface area contributed by atoms with Crippen molar-refractivity contribution in [3.63, 3.8) is 0 Å². The number of halogens is 4. The van der Waals surface area contributed by atoms with Crippen molar-refractivity contribution < 1.29 is 27.5 Å². The highest BCUT2D eigenvalue weighted by Gasteiger charge is 2.40. The zero-order valence-corrected chi connectivity index (χ0v) is 18.0. The number of hydrogen-bond acceptors (Lipinski definition) is 6. The second-order valence-corrected chi connectivity index (χ2v) is 7.81. The molecule has 4 aromatic rings. The van der Waals surface area contributed by atoms with Crippen molar-refractivity contribution in [2.75, 3.05) is 0 Å². The first-order chi connectivity index (χ1) is 15.8. The Balaban J connectivity index is 1.54. The highest BCUT2D eigenvalue weighted by molar-refractivity contribution is 6.31. The summed E-state index contributed by atoms with van der Waals surface area (Å²) in [5.41, 5.74) is -1.13. The fraction of sp³-hybridized carbons (Fsp3) is 0.227. The molecule has 1 N–H and O–H groups in total. The number of ether oxygens (including phenoxy) is 1. The van der Waals surface area contributed by atoms with E-state index in [4.69, 9.17) is 20.9 Å². The minimum absolute atomic E-state index is 0.0542. The molecule has 2 atom stereocenters. The first kappa shape index (κ1) is 23.0. The first-order valence-electron chi connectivity index (χ1n) is 9.79. The summed E-state index contributed by atoms with van der Waals surface area (Å²) in [6.45, 7) is 1.22. The molecule has 0 aliphatic carbocycles. The van der Waals surface area contributed by atoms with E-state index in [0.717, 1.165) is 12.1 Å². The van der Waals surface area contributed by atoms with Crippen LogP contribution in [0.1, 0.15) is 18.2 Å². The number of aromatic nitrogens is 4. The van der Waals surface area contributed by atoms with Gasteiger partial charge in [-0.3, -0.25) is 0 Å². The summed E-state index contributed by atoms with van der Waals surface area (Å²) in [4.78, 5) is 3.82. The molecule has 33 heavy (non-hydrogen) atoms. The van der Waals surface area contributed by atoms with Gasteiger partial charge in [0.25, 0.3) is 0 Å². The summed E-state index contributed by atoms with van der Waals surface area (Å²) in [5, 5.41) is 19.3. The molecule has 0 aliphatic heterocycles. The van der Waals surface area contributed by atoms with E-state index in [1.807, 2.05) is 0 Å². The lowest BCUT2D eigenvalue weighted by Gasteiger charge is -2.34. The quantitative estimate of drug-likeness (QED) is 0.401. The van der Waals surface area contributed by atoms with E-state index < -0.39 is 29.2 Å². The van der Waals surface area contributed by atoms with Crippen LogP contribution in [0.25, 0.3) is 11.3 Å². The van der Waals surface area contributed by atoms with E-state index >= 15 is 0 Å². The molecule has 0 aliphatic rings. The van der Waals surface area contributed by atoms with Crippen molar-refractivity contribution in [1.29, 1.82) is 0 Å². The minimum Gasteiger partial charge on any atom is -0.380 e. The Bertz CT molecular complexity index is 1250. The van der Waals surface area contributed by atoms with E-state index in [0.29, 0.717) is 23.1 Å². The number of benzene rings is 2. The molecule has 2 unspecified atom stereocenters. The molecule has 0 amide bonds. The third-order valence-corrected chi connectivity index (χ3v) is 5.48. The molecule has 0 fully saturated rings. The van der Waals surface area contributed by atoms with Crippen molar-refractivity contribution in [1.82, 2.24) is 19.9 Å². The Kier molecular flexibility index (Phi) is 6.50. The third kappa shape index (κ3) is 4.92. The minimum atomic E-state index is -1.92. The summed E-state index contributed by atoms with van der Waals surface area (Å²) in [6.07, 6.45) is 1.64. The number of nitrogens with zero attached hydrogens (tertiary/aromatic N) is 4. The van der Waals surface area contributed by atoms with Gasteiger partial charge in [0.15, 0.2) is 5.76 Å². The third-order valence-electron chi connectivity index (χ3n) is 5.19. The molecule has 4 rings (SSSR count). The van der Waals surface area contributed by atoms with Crippen molar-refractivity contribution in [3.8, 4) is 11.3 Å². The first-order valence-corrected chi connectivity index (χ1v) is 10.2. The van der Waals surface area contributed by atoms with Crippen LogP contribution in [-0.2, 0) is 23.5 Å². The van der Waals surface area contributed by atoms with Gasteiger partial charge in [-0.15, -0.1) is 0 Å². The number of hydrogen-bond donors (Lipinski definition) is 1. The Hall–Kier alpha value is -3.21. The van der Waals surface area contributed by atoms with Gasteiger partial charge in [-0.05, 0) is 31.2 Å². The molecule has 7 nitrogen and oxygen atoms in total. The summed E-state index contributed by atoms with van der Waals surface area (Å²) in [6, 6.07) is 8.60. The van der Waals surface area contributed by atoms with E-state index in [1.165, 1.54) is 42.5 Å². The molecule has 0 bridgehead atoms. The molecule has 11 heteroatoms. The van der Waals surface area contributed by atoms with Crippen LogP contribution >= 0.6 is 11.6 Å². The molecule has 0 radical (unpaired) electrons. The van der Waals surface area contributed by atoms with Crippen LogP contribution in [0.3, 0.4) is 0 Å². The van der Waals surface area contributed by atoms with Gasteiger partial charge in [0.1, 0.15) is 48.0 Å². The highest BCUT2D eigenvalue weighted by atomic mass is 35.5. The normalized spacial score (nSPS) is 14.2. The number of rotatable bonds is 8. The fourth-order valence-corrected chi connectivity index (χ4v) is 3.53. The van der Waals surface area contributed by atoms with Gasteiger partial charge in [-0.2, -0.15) is 5.10 Å². The molecule has 0 spiro atoms. The molecule has 172 valence electrons. The summed E-state index contributed by atoms with van der Waals surface area (Å²) in [7, 11) is 0. The monoisotopic (exact) mass is 478 g/mol. The van der Waals surface area contributed by atoms with Crippen molar-refractivity contribution in [3.05, 3.63) is 88.9 Å². The standard InChI is InChI=1S/C22H18ClF3N4O3/c1-13(32-9-16-8-21(29-33-16)14-2-5-19(25)18(23)6-14)22(31,10-30-12-27-11-28-30)17-4-3-15(24)7-20(17)26/h2-8,11-13,31H,9-10H2,1H3. The molecule has 0 saturated heterocycles. The molecular weight excluding hydrogens is 461 g/mol. The lowest BCUT2D eigenvalue weighted by molar-refractivity contribution is -0.126. The summed E-state index contributed by atoms with van der Waals surface area (Å²) >= 11 is 5.81. The zero-order chi connectivity index (χ0) is 23.6. The Morgan fingerprint density at radius 2 is 1.97 bits per heavy atom. The van der Waals surface area contributed by atoms with Gasteiger partial charge < -0.3 is 14.4 Å². The van der Waals surface area contributed by atoms with E-state index in [9.17, 15) is 18.3 Å². The second kappa shape index (κ2) is 9.34. The smallest absolute Gasteiger partial charge is 0.163 e. The van der Waals surface area contributed by atoms with Gasteiger partial charge in [0, 0.05) is 23.3 Å². The maximum Gasteiger partial charge on any atom is 0.163 e. The van der Waals surface area contributed by atoms with Gasteiger partial charge in [0.2, 0.25) is 0 Å². The van der Waals surface area contributed by atoms with Gasteiger partial charge in [-0.25, -0.2) is 22.8 Å². The zero-order valence-electron chi connectivity index (χ0n) is 17.3. The second-order valence-electron chi connectivity index (χ2n) is 7.40. The van der Waals surface area contributed by atoms with Gasteiger partial charge in [0.05, 0.1) is 17.7 Å².